The zero-order chi connectivity index (χ0) is 12.4. The number of hydrogen-bond acceptors (Lipinski definition) is 3. The molecule has 2 aromatic rings. The van der Waals surface area contributed by atoms with Crippen molar-refractivity contribution >= 4 is 0 Å². The van der Waals surface area contributed by atoms with E-state index in [1.807, 2.05) is 12.1 Å². The van der Waals surface area contributed by atoms with Gasteiger partial charge in [-0.25, -0.2) is 0 Å². The molecule has 3 rings (SSSR count). The molecule has 1 N–H and O–H groups in total. The molecule has 0 radical (unpaired) electrons. The Kier molecular flexibility index (Phi) is 3.17. The van der Waals surface area contributed by atoms with Gasteiger partial charge in [-0.15, -0.1) is 0 Å². The van der Waals surface area contributed by atoms with Crippen molar-refractivity contribution in [3.63, 3.8) is 0 Å². The van der Waals surface area contributed by atoms with Crippen molar-refractivity contribution in [1.82, 2.24) is 5.32 Å². The molecule has 0 bridgehead atoms. The first-order valence-electron chi connectivity index (χ1n) is 6.34. The van der Waals surface area contributed by atoms with Gasteiger partial charge in [-0.2, -0.15) is 0 Å². The van der Waals surface area contributed by atoms with Crippen LogP contribution in [0.1, 0.15) is 35.4 Å². The molecule has 18 heavy (non-hydrogen) atoms. The molecule has 0 spiro atoms. The molecule has 1 atom stereocenters. The summed E-state index contributed by atoms with van der Waals surface area (Å²) in [6, 6.07) is 10.6. The molecule has 0 fully saturated rings. The van der Waals surface area contributed by atoms with E-state index >= 15 is 0 Å². The van der Waals surface area contributed by atoms with Gasteiger partial charge in [-0.3, -0.25) is 0 Å². The summed E-state index contributed by atoms with van der Waals surface area (Å²) in [5.74, 6) is 0.954. The Balaban J connectivity index is 1.95. The lowest BCUT2D eigenvalue weighted by Crippen LogP contribution is -2.21. The minimum Gasteiger partial charge on any atom is -0.467 e. The number of fused-ring (bicyclic) bond motifs is 1. The zero-order valence-corrected chi connectivity index (χ0v) is 10.5. The molecule has 1 aromatic carbocycles. The number of hydrogen-bond donors (Lipinski definition) is 1. The second kappa shape index (κ2) is 4.96. The summed E-state index contributed by atoms with van der Waals surface area (Å²) >= 11 is 0. The maximum Gasteiger partial charge on any atom is 0.125 e. The van der Waals surface area contributed by atoms with Crippen LogP contribution in [0.15, 0.2) is 41.0 Å². The molecule has 1 aliphatic heterocycles. The molecule has 0 amide bonds. The number of benzene rings is 1. The first-order valence-corrected chi connectivity index (χ1v) is 6.34. The second-order valence-corrected chi connectivity index (χ2v) is 4.53. The lowest BCUT2D eigenvalue weighted by molar-refractivity contribution is 0.134. The van der Waals surface area contributed by atoms with Crippen molar-refractivity contribution in [2.45, 2.75) is 26.2 Å². The fourth-order valence-corrected chi connectivity index (χ4v) is 2.41. The van der Waals surface area contributed by atoms with Crippen LogP contribution in [-0.4, -0.2) is 6.54 Å². The van der Waals surface area contributed by atoms with Gasteiger partial charge in [0.25, 0.3) is 0 Å². The first kappa shape index (κ1) is 11.5. The summed E-state index contributed by atoms with van der Waals surface area (Å²) in [5, 5.41) is 3.46. The van der Waals surface area contributed by atoms with Gasteiger partial charge in [-0.1, -0.05) is 25.1 Å². The Morgan fingerprint density at radius 3 is 2.89 bits per heavy atom. The van der Waals surface area contributed by atoms with Crippen LogP contribution in [0.5, 0.6) is 0 Å². The molecule has 2 heterocycles. The quantitative estimate of drug-likeness (QED) is 0.896. The van der Waals surface area contributed by atoms with Crippen LogP contribution in [0.25, 0.3) is 0 Å². The molecule has 3 nitrogen and oxygen atoms in total. The van der Waals surface area contributed by atoms with E-state index in [9.17, 15) is 0 Å². The van der Waals surface area contributed by atoms with Gasteiger partial charge in [0.05, 0.1) is 25.5 Å². The third kappa shape index (κ3) is 2.07. The van der Waals surface area contributed by atoms with E-state index in [4.69, 9.17) is 9.15 Å². The summed E-state index contributed by atoms with van der Waals surface area (Å²) in [4.78, 5) is 0. The van der Waals surface area contributed by atoms with E-state index in [-0.39, 0.29) is 6.04 Å². The van der Waals surface area contributed by atoms with Crippen molar-refractivity contribution in [3.05, 3.63) is 59.0 Å². The van der Waals surface area contributed by atoms with E-state index in [1.165, 1.54) is 16.7 Å². The summed E-state index contributed by atoms with van der Waals surface area (Å²) in [6.45, 7) is 4.47. The van der Waals surface area contributed by atoms with Crippen LogP contribution < -0.4 is 5.32 Å². The fourth-order valence-electron chi connectivity index (χ4n) is 2.41. The Morgan fingerprint density at radius 1 is 1.22 bits per heavy atom. The van der Waals surface area contributed by atoms with Gasteiger partial charge in [-0.05, 0) is 35.4 Å². The molecule has 1 aromatic heterocycles. The molecule has 1 aliphatic rings. The highest BCUT2D eigenvalue weighted by atomic mass is 16.5. The summed E-state index contributed by atoms with van der Waals surface area (Å²) in [6.07, 6.45) is 1.72. The van der Waals surface area contributed by atoms with Crippen molar-refractivity contribution in [3.8, 4) is 0 Å². The summed E-state index contributed by atoms with van der Waals surface area (Å²) in [5.41, 5.74) is 3.83. The maximum absolute atomic E-state index is 5.53. The Hall–Kier alpha value is -1.58. The normalized spacial score (nSPS) is 15.6. The van der Waals surface area contributed by atoms with E-state index in [0.29, 0.717) is 0 Å². The highest BCUT2D eigenvalue weighted by molar-refractivity contribution is 5.37. The predicted octanol–water partition coefficient (Wildman–Crippen LogP) is 3.01. The summed E-state index contributed by atoms with van der Waals surface area (Å²) < 4.78 is 11.0. The van der Waals surface area contributed by atoms with Crippen molar-refractivity contribution in [2.75, 3.05) is 6.54 Å². The number of rotatable bonds is 4. The third-order valence-corrected chi connectivity index (χ3v) is 3.31. The molecular formula is C15H17NO2. The van der Waals surface area contributed by atoms with E-state index in [0.717, 1.165) is 25.5 Å². The number of nitrogens with one attached hydrogen (secondary N) is 1. The van der Waals surface area contributed by atoms with E-state index < -0.39 is 0 Å². The zero-order valence-electron chi connectivity index (χ0n) is 10.5. The smallest absolute Gasteiger partial charge is 0.125 e. The van der Waals surface area contributed by atoms with Crippen molar-refractivity contribution < 1.29 is 9.15 Å². The van der Waals surface area contributed by atoms with Gasteiger partial charge in [0.1, 0.15) is 5.76 Å². The lowest BCUT2D eigenvalue weighted by Gasteiger charge is -2.16. The SMILES string of the molecule is CCNC(c1ccc2c(c1)COC2)c1ccco1. The average molecular weight is 243 g/mol. The van der Waals surface area contributed by atoms with Gasteiger partial charge in [0.15, 0.2) is 0 Å². The Labute approximate surface area is 107 Å². The summed E-state index contributed by atoms with van der Waals surface area (Å²) in [7, 11) is 0. The van der Waals surface area contributed by atoms with Crippen LogP contribution >= 0.6 is 0 Å². The number of ether oxygens (including phenoxy) is 1. The van der Waals surface area contributed by atoms with Gasteiger partial charge in [0.2, 0.25) is 0 Å². The average Bonchev–Trinajstić information content (AvgIpc) is 3.05. The second-order valence-electron chi connectivity index (χ2n) is 4.53. The molecular weight excluding hydrogens is 226 g/mol. The molecule has 1 unspecified atom stereocenters. The van der Waals surface area contributed by atoms with Crippen LogP contribution in [0.3, 0.4) is 0 Å². The first-order chi connectivity index (χ1) is 8.88. The minimum absolute atomic E-state index is 0.121. The van der Waals surface area contributed by atoms with Crippen LogP contribution in [0.4, 0.5) is 0 Å². The molecule has 0 aliphatic carbocycles. The Bertz CT molecular complexity index is 519. The van der Waals surface area contributed by atoms with Gasteiger partial charge >= 0.3 is 0 Å². The van der Waals surface area contributed by atoms with Crippen molar-refractivity contribution in [1.29, 1.82) is 0 Å². The number of furan rings is 1. The minimum atomic E-state index is 0.121. The van der Waals surface area contributed by atoms with E-state index in [1.54, 1.807) is 6.26 Å². The van der Waals surface area contributed by atoms with E-state index in [2.05, 4.69) is 30.4 Å². The monoisotopic (exact) mass is 243 g/mol. The topological polar surface area (TPSA) is 34.4 Å². The third-order valence-electron chi connectivity index (χ3n) is 3.31. The van der Waals surface area contributed by atoms with Crippen LogP contribution in [0, 0.1) is 0 Å². The largest absolute Gasteiger partial charge is 0.467 e. The highest BCUT2D eigenvalue weighted by Gasteiger charge is 2.18. The standard InChI is InChI=1S/C15H17NO2/c1-2-16-15(14-4-3-7-18-14)11-5-6-12-9-17-10-13(12)8-11/h3-8,15-16H,2,9-10H2,1H3. The molecule has 0 saturated heterocycles. The van der Waals surface area contributed by atoms with Crippen LogP contribution in [-0.2, 0) is 18.0 Å². The predicted molar refractivity (Wildman–Crippen MR) is 69.2 cm³/mol. The molecule has 94 valence electrons. The van der Waals surface area contributed by atoms with Gasteiger partial charge < -0.3 is 14.5 Å². The van der Waals surface area contributed by atoms with Crippen molar-refractivity contribution in [2.24, 2.45) is 0 Å². The lowest BCUT2D eigenvalue weighted by atomic mass is 9.99. The van der Waals surface area contributed by atoms with Gasteiger partial charge in [0, 0.05) is 0 Å². The van der Waals surface area contributed by atoms with Crippen LogP contribution in [0.2, 0.25) is 0 Å². The maximum atomic E-state index is 5.53. The highest BCUT2D eigenvalue weighted by Crippen LogP contribution is 2.27. The molecule has 0 saturated carbocycles. The Morgan fingerprint density at radius 2 is 2.11 bits per heavy atom. The fraction of sp³-hybridized carbons (Fsp3) is 0.333. The molecule has 3 heteroatoms.